The molecule has 0 aliphatic rings. The summed E-state index contributed by atoms with van der Waals surface area (Å²) in [6.07, 6.45) is 0. The lowest BCUT2D eigenvalue weighted by Crippen LogP contribution is -2.09. The van der Waals surface area contributed by atoms with E-state index in [4.69, 9.17) is 16.7 Å². The molecular weight excluding hydrogens is 284 g/mol. The lowest BCUT2D eigenvalue weighted by molar-refractivity contribution is 0.0697. The Kier molecular flexibility index (Phi) is 4.07. The Hall–Kier alpha value is -1.59. The Morgan fingerprint density at radius 1 is 1.53 bits per heavy atom. The predicted molar refractivity (Wildman–Crippen MR) is 77.3 cm³/mol. The SMILES string of the molecule is Cc1nsc(NC(C)c2cccc(Cl)c2)c1C(=O)O. The summed E-state index contributed by atoms with van der Waals surface area (Å²) >= 11 is 7.10. The average molecular weight is 297 g/mol. The van der Waals surface area contributed by atoms with Gasteiger partial charge in [0.1, 0.15) is 10.6 Å². The van der Waals surface area contributed by atoms with E-state index in [-0.39, 0.29) is 11.6 Å². The van der Waals surface area contributed by atoms with Crippen LogP contribution >= 0.6 is 23.1 Å². The normalized spacial score (nSPS) is 12.2. The molecule has 0 radical (unpaired) electrons. The van der Waals surface area contributed by atoms with Crippen LogP contribution in [0.4, 0.5) is 5.00 Å². The third-order valence-electron chi connectivity index (χ3n) is 2.77. The van der Waals surface area contributed by atoms with Crippen molar-refractivity contribution in [2.45, 2.75) is 19.9 Å². The van der Waals surface area contributed by atoms with Gasteiger partial charge >= 0.3 is 5.97 Å². The van der Waals surface area contributed by atoms with Gasteiger partial charge in [0.15, 0.2) is 0 Å². The Morgan fingerprint density at radius 3 is 2.89 bits per heavy atom. The summed E-state index contributed by atoms with van der Waals surface area (Å²) in [6.45, 7) is 3.64. The second-order valence-electron chi connectivity index (χ2n) is 4.20. The van der Waals surface area contributed by atoms with E-state index in [1.807, 2.05) is 25.1 Å². The molecule has 1 aromatic carbocycles. The number of benzene rings is 1. The van der Waals surface area contributed by atoms with Crippen molar-refractivity contribution in [2.24, 2.45) is 0 Å². The molecule has 0 spiro atoms. The van der Waals surface area contributed by atoms with Crippen molar-refractivity contribution in [3.05, 3.63) is 46.1 Å². The van der Waals surface area contributed by atoms with Crippen molar-refractivity contribution in [3.8, 4) is 0 Å². The van der Waals surface area contributed by atoms with Crippen LogP contribution in [-0.2, 0) is 0 Å². The second-order valence-corrected chi connectivity index (χ2v) is 5.41. The first-order valence-electron chi connectivity index (χ1n) is 5.70. The maximum Gasteiger partial charge on any atom is 0.340 e. The van der Waals surface area contributed by atoms with E-state index in [0.29, 0.717) is 15.7 Å². The fraction of sp³-hybridized carbons (Fsp3) is 0.231. The lowest BCUT2D eigenvalue weighted by atomic mass is 10.1. The van der Waals surface area contributed by atoms with Gasteiger partial charge in [-0.2, -0.15) is 4.37 Å². The van der Waals surface area contributed by atoms with Gasteiger partial charge in [0.25, 0.3) is 0 Å². The van der Waals surface area contributed by atoms with E-state index < -0.39 is 5.97 Å². The van der Waals surface area contributed by atoms with Gasteiger partial charge in [-0.15, -0.1) is 0 Å². The minimum atomic E-state index is -0.966. The van der Waals surface area contributed by atoms with E-state index in [1.165, 1.54) is 0 Å². The third-order valence-corrected chi connectivity index (χ3v) is 3.88. The topological polar surface area (TPSA) is 62.2 Å². The molecule has 0 saturated heterocycles. The van der Waals surface area contributed by atoms with Gasteiger partial charge in [0.2, 0.25) is 0 Å². The van der Waals surface area contributed by atoms with Gasteiger partial charge in [-0.1, -0.05) is 23.7 Å². The molecule has 1 unspecified atom stereocenters. The third kappa shape index (κ3) is 3.05. The molecule has 0 saturated carbocycles. The number of nitrogens with one attached hydrogen (secondary N) is 1. The highest BCUT2D eigenvalue weighted by atomic mass is 35.5. The molecule has 1 heterocycles. The first kappa shape index (κ1) is 13.8. The van der Waals surface area contributed by atoms with Gasteiger partial charge < -0.3 is 10.4 Å². The number of aromatic nitrogens is 1. The van der Waals surface area contributed by atoms with Crippen molar-refractivity contribution in [2.75, 3.05) is 5.32 Å². The number of hydrogen-bond acceptors (Lipinski definition) is 4. The number of aryl methyl sites for hydroxylation is 1. The molecule has 100 valence electrons. The van der Waals surface area contributed by atoms with Crippen molar-refractivity contribution in [1.82, 2.24) is 4.37 Å². The van der Waals surface area contributed by atoms with Gasteiger partial charge in [-0.25, -0.2) is 4.79 Å². The van der Waals surface area contributed by atoms with Crippen molar-refractivity contribution < 1.29 is 9.90 Å². The minimum absolute atomic E-state index is 0.0448. The van der Waals surface area contributed by atoms with Crippen LogP contribution in [-0.4, -0.2) is 15.4 Å². The fourth-order valence-electron chi connectivity index (χ4n) is 1.78. The lowest BCUT2D eigenvalue weighted by Gasteiger charge is -2.14. The molecule has 1 aromatic heterocycles. The fourth-order valence-corrected chi connectivity index (χ4v) is 2.85. The van der Waals surface area contributed by atoms with Crippen LogP contribution in [0.3, 0.4) is 0 Å². The second kappa shape index (κ2) is 5.59. The molecule has 1 atom stereocenters. The standard InChI is InChI=1S/C13H13ClN2O2S/c1-7(9-4-3-5-10(14)6-9)15-12-11(13(17)18)8(2)16-19-12/h3-7,15H,1-2H3,(H,17,18). The Morgan fingerprint density at radius 2 is 2.26 bits per heavy atom. The smallest absolute Gasteiger partial charge is 0.340 e. The highest BCUT2D eigenvalue weighted by molar-refractivity contribution is 7.10. The summed E-state index contributed by atoms with van der Waals surface area (Å²) in [6, 6.07) is 7.42. The number of halogens is 1. The molecule has 0 aliphatic carbocycles. The summed E-state index contributed by atoms with van der Waals surface area (Å²) < 4.78 is 4.07. The maximum atomic E-state index is 11.2. The minimum Gasteiger partial charge on any atom is -0.478 e. The zero-order valence-electron chi connectivity index (χ0n) is 10.5. The molecule has 0 fully saturated rings. The van der Waals surface area contributed by atoms with E-state index in [9.17, 15) is 4.79 Å². The van der Waals surface area contributed by atoms with Crippen LogP contribution in [0.1, 0.15) is 34.6 Å². The molecule has 0 aliphatic heterocycles. The Bertz CT molecular complexity index is 612. The van der Waals surface area contributed by atoms with Gasteiger partial charge in [-0.3, -0.25) is 0 Å². The number of hydrogen-bond donors (Lipinski definition) is 2. The Balaban J connectivity index is 2.24. The molecular formula is C13H13ClN2O2S. The van der Waals surface area contributed by atoms with Crippen molar-refractivity contribution in [1.29, 1.82) is 0 Å². The van der Waals surface area contributed by atoms with Crippen LogP contribution in [0, 0.1) is 6.92 Å². The molecule has 2 aromatic rings. The number of carboxylic acids is 1. The van der Waals surface area contributed by atoms with Gasteiger partial charge in [-0.05, 0) is 43.1 Å². The Labute approximate surface area is 120 Å². The first-order valence-corrected chi connectivity index (χ1v) is 6.85. The molecule has 6 heteroatoms. The van der Waals surface area contributed by atoms with Crippen LogP contribution in [0.15, 0.2) is 24.3 Å². The first-order chi connectivity index (χ1) is 8.99. The van der Waals surface area contributed by atoms with Gasteiger partial charge in [0, 0.05) is 11.1 Å². The predicted octanol–water partition coefficient (Wildman–Crippen LogP) is 3.98. The molecule has 2 N–H and O–H groups in total. The van der Waals surface area contributed by atoms with Crippen LogP contribution in [0.5, 0.6) is 0 Å². The van der Waals surface area contributed by atoms with Crippen LogP contribution in [0.25, 0.3) is 0 Å². The molecule has 4 nitrogen and oxygen atoms in total. The molecule has 19 heavy (non-hydrogen) atoms. The average Bonchev–Trinajstić information content (AvgIpc) is 2.70. The summed E-state index contributed by atoms with van der Waals surface area (Å²) in [4.78, 5) is 11.2. The zero-order valence-corrected chi connectivity index (χ0v) is 12.0. The quantitative estimate of drug-likeness (QED) is 0.896. The van der Waals surface area contributed by atoms with E-state index >= 15 is 0 Å². The summed E-state index contributed by atoms with van der Waals surface area (Å²) in [5.74, 6) is -0.966. The zero-order chi connectivity index (χ0) is 14.0. The molecule has 0 amide bonds. The van der Waals surface area contributed by atoms with Crippen LogP contribution in [0.2, 0.25) is 5.02 Å². The molecule has 0 bridgehead atoms. The van der Waals surface area contributed by atoms with E-state index in [2.05, 4.69) is 9.69 Å². The number of carbonyl (C=O) groups is 1. The maximum absolute atomic E-state index is 11.2. The van der Waals surface area contributed by atoms with Gasteiger partial charge in [0.05, 0.1) is 5.69 Å². The number of anilines is 1. The summed E-state index contributed by atoms with van der Waals surface area (Å²) in [7, 11) is 0. The summed E-state index contributed by atoms with van der Waals surface area (Å²) in [5, 5.41) is 13.6. The van der Waals surface area contributed by atoms with Crippen molar-refractivity contribution in [3.63, 3.8) is 0 Å². The number of aromatic carboxylic acids is 1. The summed E-state index contributed by atoms with van der Waals surface area (Å²) in [5.41, 5.74) is 1.76. The highest BCUT2D eigenvalue weighted by Gasteiger charge is 2.19. The van der Waals surface area contributed by atoms with Crippen LogP contribution < -0.4 is 5.32 Å². The number of nitrogens with zero attached hydrogens (tertiary/aromatic N) is 1. The van der Waals surface area contributed by atoms with E-state index in [0.717, 1.165) is 17.1 Å². The molecule has 2 rings (SSSR count). The number of rotatable bonds is 4. The number of carboxylic acid groups (broad SMARTS) is 1. The van der Waals surface area contributed by atoms with E-state index in [1.54, 1.807) is 13.0 Å². The largest absolute Gasteiger partial charge is 0.478 e. The van der Waals surface area contributed by atoms with Crippen molar-refractivity contribution >= 4 is 34.1 Å². The monoisotopic (exact) mass is 296 g/mol. The highest BCUT2D eigenvalue weighted by Crippen LogP contribution is 2.29.